The number of hydrazine groups is 1. The average molecular weight is 319 g/mol. The molecule has 0 spiro atoms. The highest BCUT2D eigenvalue weighted by Crippen LogP contribution is 2.18. The maximum absolute atomic E-state index is 11.8. The molecule has 0 saturated carbocycles. The van der Waals surface area contributed by atoms with E-state index in [1.807, 2.05) is 39.0 Å². The molecule has 23 heavy (non-hydrogen) atoms. The van der Waals surface area contributed by atoms with Crippen molar-refractivity contribution < 1.29 is 4.79 Å². The molecule has 0 aromatic carbocycles. The number of hydrogen-bond acceptors (Lipinski definition) is 4. The van der Waals surface area contributed by atoms with Gasteiger partial charge in [-0.1, -0.05) is 44.7 Å². The molecule has 4 heteroatoms. The molecule has 0 aliphatic rings. The van der Waals surface area contributed by atoms with E-state index in [-0.39, 0.29) is 11.8 Å². The van der Waals surface area contributed by atoms with E-state index >= 15 is 0 Å². The van der Waals surface area contributed by atoms with Crippen molar-refractivity contribution in [2.75, 3.05) is 14.1 Å². The molecule has 0 saturated heterocycles. The van der Waals surface area contributed by atoms with Gasteiger partial charge in [-0.25, -0.2) is 5.43 Å². The number of nitrogens with one attached hydrogen (secondary N) is 2. The first-order valence-corrected chi connectivity index (χ1v) is 8.13. The lowest BCUT2D eigenvalue weighted by molar-refractivity contribution is -0.113. The first-order chi connectivity index (χ1) is 10.8. The third kappa shape index (κ3) is 7.33. The van der Waals surface area contributed by atoms with Crippen LogP contribution in [0.5, 0.6) is 0 Å². The van der Waals surface area contributed by atoms with E-state index in [1.54, 1.807) is 13.0 Å². The fourth-order valence-corrected chi connectivity index (χ4v) is 2.24. The number of carbonyl (C=O) groups excluding carboxylic acids is 1. The zero-order chi connectivity index (χ0) is 18.0. The second-order valence-corrected chi connectivity index (χ2v) is 6.02. The van der Waals surface area contributed by atoms with Crippen LogP contribution >= 0.6 is 0 Å². The van der Waals surface area contributed by atoms with E-state index < -0.39 is 0 Å². The Balaban J connectivity index is 5.71. The standard InChI is InChI=1S/C19H33N3O/c1-9-11-12-17(10-2)18(13-14(3)4)21-19(22(8)20-7)15(5)16(6)23/h9-12,14,18,20-21H,1,13H2,2-8H3/b12-11-,17-10+,19-15+/t18-/m1/s1. The van der Waals surface area contributed by atoms with Crippen LogP contribution in [0, 0.1) is 5.92 Å². The molecule has 4 nitrogen and oxygen atoms in total. The molecule has 0 radical (unpaired) electrons. The van der Waals surface area contributed by atoms with Crippen LogP contribution < -0.4 is 10.7 Å². The van der Waals surface area contributed by atoms with Crippen molar-refractivity contribution in [3.05, 3.63) is 47.9 Å². The zero-order valence-corrected chi connectivity index (χ0v) is 15.7. The predicted octanol–water partition coefficient (Wildman–Crippen LogP) is 3.57. The van der Waals surface area contributed by atoms with Crippen LogP contribution in [0.2, 0.25) is 0 Å². The maximum Gasteiger partial charge on any atom is 0.159 e. The number of carbonyl (C=O) groups is 1. The second-order valence-electron chi connectivity index (χ2n) is 6.02. The number of rotatable bonds is 10. The van der Waals surface area contributed by atoms with Gasteiger partial charge in [-0.2, -0.15) is 0 Å². The van der Waals surface area contributed by atoms with Gasteiger partial charge in [0.25, 0.3) is 0 Å². The molecule has 0 amide bonds. The van der Waals surface area contributed by atoms with Crippen molar-refractivity contribution in [2.24, 2.45) is 5.92 Å². The maximum atomic E-state index is 11.8. The van der Waals surface area contributed by atoms with Gasteiger partial charge in [0.15, 0.2) is 5.78 Å². The Hall–Kier alpha value is -1.81. The van der Waals surface area contributed by atoms with Crippen LogP contribution in [0.25, 0.3) is 0 Å². The molecule has 0 aromatic heterocycles. The number of ketones is 1. The number of Topliss-reactive ketones (excluding diaryl/α,β-unsaturated/α-hetero) is 1. The number of allylic oxidation sites excluding steroid dienone is 4. The molecule has 0 heterocycles. The summed E-state index contributed by atoms with van der Waals surface area (Å²) in [5, 5.41) is 5.39. The molecule has 0 aliphatic carbocycles. The predicted molar refractivity (Wildman–Crippen MR) is 99.7 cm³/mol. The van der Waals surface area contributed by atoms with Crippen molar-refractivity contribution in [1.29, 1.82) is 0 Å². The summed E-state index contributed by atoms with van der Waals surface area (Å²) in [4.78, 5) is 11.8. The van der Waals surface area contributed by atoms with Crippen molar-refractivity contribution in [3.8, 4) is 0 Å². The summed E-state index contributed by atoms with van der Waals surface area (Å²) >= 11 is 0. The highest BCUT2D eigenvalue weighted by molar-refractivity contribution is 5.93. The van der Waals surface area contributed by atoms with Crippen molar-refractivity contribution in [1.82, 2.24) is 15.8 Å². The number of hydrogen-bond donors (Lipinski definition) is 2. The Morgan fingerprint density at radius 3 is 2.30 bits per heavy atom. The summed E-state index contributed by atoms with van der Waals surface area (Å²) in [7, 11) is 3.73. The summed E-state index contributed by atoms with van der Waals surface area (Å²) in [6.07, 6.45) is 8.83. The lowest BCUT2D eigenvalue weighted by Gasteiger charge is -2.30. The van der Waals surface area contributed by atoms with Crippen molar-refractivity contribution in [3.63, 3.8) is 0 Å². The van der Waals surface area contributed by atoms with E-state index in [9.17, 15) is 4.79 Å². The van der Waals surface area contributed by atoms with Gasteiger partial charge >= 0.3 is 0 Å². The molecule has 130 valence electrons. The molecule has 1 atom stereocenters. The van der Waals surface area contributed by atoms with Gasteiger partial charge in [0, 0.05) is 19.7 Å². The fraction of sp³-hybridized carbons (Fsp3) is 0.526. The topological polar surface area (TPSA) is 44.4 Å². The Labute approximate surface area is 142 Å². The Morgan fingerprint density at radius 1 is 1.30 bits per heavy atom. The van der Waals surface area contributed by atoms with Crippen LogP contribution in [0.15, 0.2) is 47.9 Å². The molecule has 0 aliphatic heterocycles. The third-order valence-corrected chi connectivity index (χ3v) is 3.73. The Morgan fingerprint density at radius 2 is 1.91 bits per heavy atom. The Bertz CT molecular complexity index is 487. The van der Waals surface area contributed by atoms with E-state index in [0.717, 1.165) is 12.2 Å². The average Bonchev–Trinajstić information content (AvgIpc) is 2.50. The van der Waals surface area contributed by atoms with Gasteiger partial charge < -0.3 is 5.32 Å². The molecular formula is C19H33N3O. The quantitative estimate of drug-likeness (QED) is 0.367. The molecule has 0 unspecified atom stereocenters. The molecule has 2 N–H and O–H groups in total. The highest BCUT2D eigenvalue weighted by Gasteiger charge is 2.19. The van der Waals surface area contributed by atoms with Gasteiger partial charge in [0.2, 0.25) is 0 Å². The van der Waals surface area contributed by atoms with Crippen LogP contribution in [0.4, 0.5) is 0 Å². The van der Waals surface area contributed by atoms with E-state index in [2.05, 4.69) is 43.3 Å². The normalized spacial score (nSPS) is 14.7. The zero-order valence-electron chi connectivity index (χ0n) is 15.7. The molecule has 0 rings (SSSR count). The van der Waals surface area contributed by atoms with Gasteiger partial charge in [0.05, 0.1) is 6.04 Å². The van der Waals surface area contributed by atoms with Crippen LogP contribution in [0.3, 0.4) is 0 Å². The largest absolute Gasteiger partial charge is 0.364 e. The highest BCUT2D eigenvalue weighted by atomic mass is 16.1. The summed E-state index contributed by atoms with van der Waals surface area (Å²) < 4.78 is 0. The lowest BCUT2D eigenvalue weighted by atomic mass is 9.96. The summed E-state index contributed by atoms with van der Waals surface area (Å²) in [5.74, 6) is 1.39. The second kappa shape index (κ2) is 10.8. The van der Waals surface area contributed by atoms with Gasteiger partial charge in [-0.15, -0.1) is 0 Å². The van der Waals surface area contributed by atoms with E-state index in [0.29, 0.717) is 11.5 Å². The van der Waals surface area contributed by atoms with Crippen LogP contribution in [0.1, 0.15) is 41.0 Å². The first-order valence-electron chi connectivity index (χ1n) is 8.13. The summed E-state index contributed by atoms with van der Waals surface area (Å²) in [6.45, 7) is 13.6. The van der Waals surface area contributed by atoms with Crippen molar-refractivity contribution >= 4 is 5.78 Å². The molecular weight excluding hydrogens is 286 g/mol. The molecule has 0 aromatic rings. The molecule has 0 bridgehead atoms. The minimum Gasteiger partial charge on any atom is -0.364 e. The van der Waals surface area contributed by atoms with E-state index in [1.165, 1.54) is 5.57 Å². The monoisotopic (exact) mass is 319 g/mol. The third-order valence-electron chi connectivity index (χ3n) is 3.73. The van der Waals surface area contributed by atoms with Gasteiger partial charge in [0.1, 0.15) is 5.82 Å². The number of nitrogens with zero attached hydrogens (tertiary/aromatic N) is 1. The Kier molecular flexibility index (Phi) is 9.99. The van der Waals surface area contributed by atoms with Crippen LogP contribution in [-0.4, -0.2) is 30.9 Å². The van der Waals surface area contributed by atoms with Gasteiger partial charge in [-0.3, -0.25) is 9.80 Å². The minimum absolute atomic E-state index is 0.0570. The van der Waals surface area contributed by atoms with Crippen molar-refractivity contribution in [2.45, 2.75) is 47.1 Å². The van der Waals surface area contributed by atoms with E-state index in [4.69, 9.17) is 0 Å². The SMILES string of the molecule is C=C/C=C\C(=C/C)[C@@H](CC(C)C)N/C(=C(/C)C(C)=O)N(C)NC. The smallest absolute Gasteiger partial charge is 0.159 e. The van der Waals surface area contributed by atoms with Crippen LogP contribution in [-0.2, 0) is 4.79 Å². The van der Waals surface area contributed by atoms with Gasteiger partial charge in [-0.05, 0) is 38.7 Å². The summed E-state index contributed by atoms with van der Waals surface area (Å²) in [5.41, 5.74) is 4.95. The fourth-order valence-electron chi connectivity index (χ4n) is 2.24. The minimum atomic E-state index is 0.0570. The molecule has 0 fully saturated rings. The first kappa shape index (κ1) is 21.2. The lowest BCUT2D eigenvalue weighted by Crippen LogP contribution is -2.43. The summed E-state index contributed by atoms with van der Waals surface area (Å²) in [6, 6.07) is 0.122.